The molecule has 2 N–H and O–H groups in total. The molecule has 2 heterocycles. The fraction of sp³-hybridized carbons (Fsp3) is 0.333. The van der Waals surface area contributed by atoms with Crippen molar-refractivity contribution in [3.05, 3.63) is 46.7 Å². The second kappa shape index (κ2) is 8.24. The number of amides is 1. The Morgan fingerprint density at radius 3 is 2.52 bits per heavy atom. The number of carboxylic acids is 1. The Labute approximate surface area is 168 Å². The molecule has 7 nitrogen and oxygen atoms in total. The van der Waals surface area contributed by atoms with E-state index in [2.05, 4.69) is 15.3 Å². The van der Waals surface area contributed by atoms with Crippen molar-refractivity contribution < 1.29 is 27.9 Å². The van der Waals surface area contributed by atoms with Gasteiger partial charge in [0.25, 0.3) is 5.91 Å². The van der Waals surface area contributed by atoms with Crippen LogP contribution in [0, 0.1) is 5.92 Å². The zero-order chi connectivity index (χ0) is 21.2. The van der Waals surface area contributed by atoms with Crippen LogP contribution in [0.2, 0.25) is 5.02 Å². The number of carboxylic acid groups (broad SMARTS) is 1. The molecular weight excluding hydrogens is 413 g/mol. The minimum atomic E-state index is -4.88. The minimum absolute atomic E-state index is 0.0512. The molecule has 1 aliphatic rings. The lowest BCUT2D eigenvalue weighted by Crippen LogP contribution is -2.41. The van der Waals surface area contributed by atoms with Crippen molar-refractivity contribution in [1.82, 2.24) is 14.9 Å². The third-order valence-electron chi connectivity index (χ3n) is 4.50. The molecule has 29 heavy (non-hydrogen) atoms. The topological polar surface area (TPSA) is 95.4 Å². The molecule has 2 aromatic rings. The van der Waals surface area contributed by atoms with Crippen molar-refractivity contribution in [2.75, 3.05) is 18.4 Å². The number of aromatic nitrogens is 2. The Morgan fingerprint density at radius 2 is 1.93 bits per heavy atom. The van der Waals surface area contributed by atoms with E-state index in [9.17, 15) is 22.8 Å². The SMILES string of the molecule is O=C(O)C1CCN(C(=O)c2cnc(Nc3cccc(Cl)c3)nc2C(F)(F)F)CC1. The molecule has 0 unspecified atom stereocenters. The summed E-state index contributed by atoms with van der Waals surface area (Å²) in [5, 5.41) is 12.0. The van der Waals surface area contributed by atoms with Gasteiger partial charge < -0.3 is 15.3 Å². The van der Waals surface area contributed by atoms with Gasteiger partial charge in [0.05, 0.1) is 11.5 Å². The maximum absolute atomic E-state index is 13.5. The van der Waals surface area contributed by atoms with Crippen LogP contribution in [0.15, 0.2) is 30.5 Å². The summed E-state index contributed by atoms with van der Waals surface area (Å²) in [5.74, 6) is -2.80. The lowest BCUT2D eigenvalue weighted by molar-refractivity contribution is -0.143. The first-order valence-electron chi connectivity index (χ1n) is 8.64. The first-order chi connectivity index (χ1) is 13.6. The zero-order valence-corrected chi connectivity index (χ0v) is 15.7. The number of likely N-dealkylation sites (tertiary alicyclic amines) is 1. The highest BCUT2D eigenvalue weighted by Crippen LogP contribution is 2.32. The lowest BCUT2D eigenvalue weighted by Gasteiger charge is -2.30. The Hall–Kier alpha value is -2.88. The molecule has 0 aliphatic carbocycles. The van der Waals surface area contributed by atoms with E-state index in [0.717, 1.165) is 6.20 Å². The summed E-state index contributed by atoms with van der Waals surface area (Å²) in [6.07, 6.45) is -3.69. The van der Waals surface area contributed by atoms with E-state index in [1.165, 1.54) is 11.0 Å². The minimum Gasteiger partial charge on any atom is -0.481 e. The van der Waals surface area contributed by atoms with Crippen LogP contribution in [0.4, 0.5) is 24.8 Å². The largest absolute Gasteiger partial charge is 0.481 e. The second-order valence-corrected chi connectivity index (χ2v) is 6.93. The van der Waals surface area contributed by atoms with Crippen molar-refractivity contribution in [2.24, 2.45) is 5.92 Å². The van der Waals surface area contributed by atoms with Gasteiger partial charge in [-0.1, -0.05) is 17.7 Å². The molecule has 3 rings (SSSR count). The maximum Gasteiger partial charge on any atom is 0.434 e. The molecule has 1 aromatic heterocycles. The van der Waals surface area contributed by atoms with Crippen LogP contribution in [0.3, 0.4) is 0 Å². The predicted octanol–water partition coefficient (Wildman–Crippen LogP) is 3.83. The van der Waals surface area contributed by atoms with Crippen LogP contribution < -0.4 is 5.32 Å². The fourth-order valence-electron chi connectivity index (χ4n) is 3.01. The zero-order valence-electron chi connectivity index (χ0n) is 14.9. The molecule has 0 radical (unpaired) electrons. The summed E-state index contributed by atoms with van der Waals surface area (Å²) in [6.45, 7) is 0.102. The molecule has 0 spiro atoms. The summed E-state index contributed by atoms with van der Waals surface area (Å²) >= 11 is 5.85. The number of hydrogen-bond acceptors (Lipinski definition) is 5. The number of aliphatic carboxylic acids is 1. The molecule has 1 saturated heterocycles. The van der Waals surface area contributed by atoms with Gasteiger partial charge in [-0.15, -0.1) is 0 Å². The van der Waals surface area contributed by atoms with E-state index in [1.54, 1.807) is 18.2 Å². The van der Waals surface area contributed by atoms with Crippen LogP contribution in [0.1, 0.15) is 28.9 Å². The number of carbonyl (C=O) groups is 2. The van der Waals surface area contributed by atoms with E-state index in [4.69, 9.17) is 16.7 Å². The number of rotatable bonds is 4. The summed E-state index contributed by atoms with van der Waals surface area (Å²) < 4.78 is 40.6. The van der Waals surface area contributed by atoms with Gasteiger partial charge in [0, 0.05) is 30.0 Å². The molecule has 1 aliphatic heterocycles. The highest BCUT2D eigenvalue weighted by Gasteiger charge is 2.40. The Morgan fingerprint density at radius 1 is 1.24 bits per heavy atom. The molecule has 154 valence electrons. The number of piperidine rings is 1. The average Bonchev–Trinajstić information content (AvgIpc) is 2.67. The van der Waals surface area contributed by atoms with Gasteiger partial charge in [-0.05, 0) is 31.0 Å². The maximum atomic E-state index is 13.5. The van der Waals surface area contributed by atoms with Gasteiger partial charge in [-0.25, -0.2) is 9.97 Å². The molecule has 0 bridgehead atoms. The molecule has 1 fully saturated rings. The molecule has 1 aromatic carbocycles. The highest BCUT2D eigenvalue weighted by atomic mass is 35.5. The van der Waals surface area contributed by atoms with E-state index in [-0.39, 0.29) is 31.9 Å². The van der Waals surface area contributed by atoms with Crippen molar-refractivity contribution in [3.63, 3.8) is 0 Å². The molecule has 0 saturated carbocycles. The summed E-state index contributed by atoms with van der Waals surface area (Å²) in [4.78, 5) is 32.1. The normalized spacial score (nSPS) is 15.2. The van der Waals surface area contributed by atoms with E-state index >= 15 is 0 Å². The lowest BCUT2D eigenvalue weighted by atomic mass is 9.96. The average molecular weight is 429 g/mol. The summed E-state index contributed by atoms with van der Waals surface area (Å²) in [6, 6.07) is 6.27. The quantitative estimate of drug-likeness (QED) is 0.768. The van der Waals surface area contributed by atoms with Crippen LogP contribution in [-0.4, -0.2) is 44.9 Å². The van der Waals surface area contributed by atoms with Crippen molar-refractivity contribution in [1.29, 1.82) is 0 Å². The highest BCUT2D eigenvalue weighted by molar-refractivity contribution is 6.30. The Kier molecular flexibility index (Phi) is 5.92. The number of carbonyl (C=O) groups excluding carboxylic acids is 1. The number of anilines is 2. The van der Waals surface area contributed by atoms with Gasteiger partial charge in [0.15, 0.2) is 5.69 Å². The van der Waals surface area contributed by atoms with Gasteiger partial charge in [0.2, 0.25) is 5.95 Å². The fourth-order valence-corrected chi connectivity index (χ4v) is 3.20. The monoisotopic (exact) mass is 428 g/mol. The third kappa shape index (κ3) is 4.94. The Balaban J connectivity index is 1.85. The summed E-state index contributed by atoms with van der Waals surface area (Å²) in [7, 11) is 0. The van der Waals surface area contributed by atoms with Crippen LogP contribution >= 0.6 is 11.6 Å². The number of nitrogens with zero attached hydrogens (tertiary/aromatic N) is 3. The van der Waals surface area contributed by atoms with Gasteiger partial charge in [-0.2, -0.15) is 13.2 Å². The van der Waals surface area contributed by atoms with Crippen molar-refractivity contribution in [2.45, 2.75) is 19.0 Å². The van der Waals surface area contributed by atoms with Crippen molar-refractivity contribution in [3.8, 4) is 0 Å². The number of alkyl halides is 3. The van der Waals surface area contributed by atoms with E-state index < -0.39 is 35.2 Å². The first kappa shape index (κ1) is 20.8. The van der Waals surface area contributed by atoms with E-state index in [1.807, 2.05) is 0 Å². The van der Waals surface area contributed by atoms with Crippen LogP contribution in [0.5, 0.6) is 0 Å². The van der Waals surface area contributed by atoms with Crippen LogP contribution in [-0.2, 0) is 11.0 Å². The standard InChI is InChI=1S/C18H16ClF3N4O3/c19-11-2-1-3-12(8-11)24-17-23-9-13(14(25-17)18(20,21)22)15(27)26-6-4-10(5-7-26)16(28)29/h1-3,8-10H,4-7H2,(H,28,29)(H,23,24,25). The number of hydrogen-bond donors (Lipinski definition) is 2. The molecule has 11 heteroatoms. The molecule has 0 atom stereocenters. The van der Waals surface area contributed by atoms with Crippen LogP contribution in [0.25, 0.3) is 0 Å². The number of halogens is 4. The molecule has 1 amide bonds. The summed E-state index contributed by atoms with van der Waals surface area (Å²) in [5.41, 5.74) is -1.65. The van der Waals surface area contributed by atoms with Gasteiger partial charge in [0.1, 0.15) is 0 Å². The third-order valence-corrected chi connectivity index (χ3v) is 4.73. The predicted molar refractivity (Wildman–Crippen MR) is 98.0 cm³/mol. The second-order valence-electron chi connectivity index (χ2n) is 6.49. The van der Waals surface area contributed by atoms with Gasteiger partial charge >= 0.3 is 12.1 Å². The number of benzene rings is 1. The smallest absolute Gasteiger partial charge is 0.434 e. The number of nitrogens with one attached hydrogen (secondary N) is 1. The molecular formula is C18H16ClF3N4O3. The van der Waals surface area contributed by atoms with Crippen molar-refractivity contribution >= 4 is 35.1 Å². The first-order valence-corrected chi connectivity index (χ1v) is 9.02. The van der Waals surface area contributed by atoms with E-state index in [0.29, 0.717) is 10.7 Å². The van der Waals surface area contributed by atoms with Gasteiger partial charge in [-0.3, -0.25) is 9.59 Å². The Bertz CT molecular complexity index is 931.